The molecule has 0 radical (unpaired) electrons. The fraction of sp³-hybridized carbons (Fsp3) is 0.778. The molecule has 0 unspecified atom stereocenters. The lowest BCUT2D eigenvalue weighted by Crippen LogP contribution is -2.36. The monoisotopic (exact) mass is 416 g/mol. The summed E-state index contributed by atoms with van der Waals surface area (Å²) < 4.78 is 0. The molecule has 0 aromatic carbocycles. The fourth-order valence-corrected chi connectivity index (χ4v) is 6.70. The van der Waals surface area contributed by atoms with Gasteiger partial charge in [-0.05, 0) is 94.0 Å². The fourth-order valence-electron chi connectivity index (χ4n) is 6.70. The Bertz CT molecular complexity index is 667. The molecule has 3 fully saturated rings. The molecule has 3 nitrogen and oxygen atoms in total. The number of aliphatic hydroxyl groups is 3. The summed E-state index contributed by atoms with van der Waals surface area (Å²) in [5.74, 6) is 2.13. The van der Waals surface area contributed by atoms with Crippen molar-refractivity contribution >= 4 is 0 Å². The number of allylic oxidation sites excluding steroid dienone is 3. The largest absolute Gasteiger partial charge is 0.390 e. The first kappa shape index (κ1) is 23.8. The van der Waals surface area contributed by atoms with Crippen molar-refractivity contribution in [1.82, 2.24) is 0 Å². The lowest BCUT2D eigenvalue weighted by Gasteiger charge is -2.44. The highest BCUT2D eigenvalue weighted by molar-refractivity contribution is 5.29. The van der Waals surface area contributed by atoms with E-state index in [1.165, 1.54) is 38.5 Å². The van der Waals surface area contributed by atoms with Gasteiger partial charge < -0.3 is 15.3 Å². The SMILES string of the molecule is C=C1[C@H](O)CC(=C/C=C2\CCC[C@]3(C)[C@@H]([C@@H](C)CCCC(C)(C)O)CC[C@@H]23)C[C@H]1O. The van der Waals surface area contributed by atoms with E-state index in [0.29, 0.717) is 35.7 Å². The molecule has 3 N–H and O–H groups in total. The van der Waals surface area contributed by atoms with Crippen molar-refractivity contribution in [2.45, 2.75) is 110 Å². The molecule has 0 aromatic rings. The second kappa shape index (κ2) is 9.30. The third-order valence-electron chi connectivity index (χ3n) is 8.47. The van der Waals surface area contributed by atoms with Crippen LogP contribution in [0, 0.1) is 23.2 Å². The normalized spacial score (nSPS) is 37.4. The Morgan fingerprint density at radius 3 is 2.47 bits per heavy atom. The standard InChI is InChI=1S/C27H44O3/c1-18(8-6-14-26(3,4)30)22-12-13-23-21(9-7-15-27(22,23)5)11-10-20-16-24(28)19(2)25(29)17-20/h10-11,18,22-25,28-30H,2,6-9,12-17H2,1,3-5H3/b21-11+/t18-,22+,23-,24+,25+,27+/m0/s1. The first-order valence-electron chi connectivity index (χ1n) is 12.2. The molecule has 3 aliphatic rings. The van der Waals surface area contributed by atoms with Crippen LogP contribution in [-0.4, -0.2) is 33.1 Å². The predicted molar refractivity (Wildman–Crippen MR) is 124 cm³/mol. The maximum Gasteiger partial charge on any atom is 0.0809 e. The zero-order valence-corrected chi connectivity index (χ0v) is 19.7. The van der Waals surface area contributed by atoms with Gasteiger partial charge in [-0.25, -0.2) is 0 Å². The molecule has 170 valence electrons. The van der Waals surface area contributed by atoms with E-state index in [9.17, 15) is 15.3 Å². The topological polar surface area (TPSA) is 60.7 Å². The second-order valence-corrected chi connectivity index (χ2v) is 11.4. The van der Waals surface area contributed by atoms with Gasteiger partial charge in [0, 0.05) is 0 Å². The van der Waals surface area contributed by atoms with Crippen LogP contribution in [0.4, 0.5) is 0 Å². The van der Waals surface area contributed by atoms with E-state index in [4.69, 9.17) is 0 Å². The Labute approximate surface area is 184 Å². The predicted octanol–water partition coefficient (Wildman–Crippen LogP) is 5.70. The molecule has 30 heavy (non-hydrogen) atoms. The van der Waals surface area contributed by atoms with Crippen LogP contribution in [-0.2, 0) is 0 Å². The summed E-state index contributed by atoms with van der Waals surface area (Å²) in [5.41, 5.74) is 3.11. The van der Waals surface area contributed by atoms with Crippen molar-refractivity contribution in [1.29, 1.82) is 0 Å². The number of hydrogen-bond acceptors (Lipinski definition) is 3. The Hall–Kier alpha value is -0.900. The molecule has 0 spiro atoms. The molecule has 0 saturated heterocycles. The van der Waals surface area contributed by atoms with E-state index in [1.54, 1.807) is 5.57 Å². The van der Waals surface area contributed by atoms with E-state index < -0.39 is 17.8 Å². The number of fused-ring (bicyclic) bond motifs is 1. The highest BCUT2D eigenvalue weighted by Crippen LogP contribution is 2.60. The molecule has 0 heterocycles. The minimum Gasteiger partial charge on any atom is -0.390 e. The quantitative estimate of drug-likeness (QED) is 0.486. The smallest absolute Gasteiger partial charge is 0.0809 e. The molecule has 3 aliphatic carbocycles. The first-order valence-corrected chi connectivity index (χ1v) is 12.2. The van der Waals surface area contributed by atoms with Crippen molar-refractivity contribution in [2.75, 3.05) is 0 Å². The molecule has 3 rings (SSSR count). The minimum absolute atomic E-state index is 0.386. The Morgan fingerprint density at radius 1 is 1.17 bits per heavy atom. The van der Waals surface area contributed by atoms with Crippen LogP contribution < -0.4 is 0 Å². The van der Waals surface area contributed by atoms with Crippen molar-refractivity contribution in [2.24, 2.45) is 23.2 Å². The van der Waals surface area contributed by atoms with Gasteiger partial charge in [0.05, 0.1) is 17.8 Å². The van der Waals surface area contributed by atoms with Crippen molar-refractivity contribution < 1.29 is 15.3 Å². The molecule has 0 bridgehead atoms. The van der Waals surface area contributed by atoms with E-state index >= 15 is 0 Å². The van der Waals surface area contributed by atoms with Gasteiger partial charge in [-0.1, -0.05) is 56.6 Å². The summed E-state index contributed by atoms with van der Waals surface area (Å²) >= 11 is 0. The zero-order valence-electron chi connectivity index (χ0n) is 19.7. The van der Waals surface area contributed by atoms with Crippen LogP contribution in [0.5, 0.6) is 0 Å². The number of aliphatic hydroxyl groups excluding tert-OH is 2. The van der Waals surface area contributed by atoms with Crippen LogP contribution in [0.1, 0.15) is 91.9 Å². The van der Waals surface area contributed by atoms with Crippen molar-refractivity contribution in [3.05, 3.63) is 35.5 Å². The summed E-state index contributed by atoms with van der Waals surface area (Å²) in [6.45, 7) is 12.6. The third kappa shape index (κ3) is 5.29. The number of hydrogen-bond donors (Lipinski definition) is 3. The Morgan fingerprint density at radius 2 is 1.83 bits per heavy atom. The first-order chi connectivity index (χ1) is 14.0. The van der Waals surface area contributed by atoms with Crippen molar-refractivity contribution in [3.63, 3.8) is 0 Å². The highest BCUT2D eigenvalue weighted by Gasteiger charge is 2.50. The summed E-state index contributed by atoms with van der Waals surface area (Å²) in [6, 6.07) is 0. The van der Waals surface area contributed by atoms with Gasteiger partial charge in [-0.15, -0.1) is 0 Å². The van der Waals surface area contributed by atoms with E-state index in [-0.39, 0.29) is 0 Å². The van der Waals surface area contributed by atoms with E-state index in [1.807, 2.05) is 13.8 Å². The lowest BCUT2D eigenvalue weighted by molar-refractivity contribution is 0.0596. The lowest BCUT2D eigenvalue weighted by atomic mass is 9.60. The van der Waals surface area contributed by atoms with E-state index in [0.717, 1.165) is 24.3 Å². The van der Waals surface area contributed by atoms with Gasteiger partial charge in [-0.2, -0.15) is 0 Å². The Kier molecular flexibility index (Phi) is 7.37. The second-order valence-electron chi connectivity index (χ2n) is 11.4. The molecule has 0 amide bonds. The molecular weight excluding hydrogens is 372 g/mol. The zero-order chi connectivity index (χ0) is 22.1. The van der Waals surface area contributed by atoms with Gasteiger partial charge in [0.1, 0.15) is 0 Å². The van der Waals surface area contributed by atoms with Crippen LogP contribution >= 0.6 is 0 Å². The number of rotatable bonds is 6. The van der Waals surface area contributed by atoms with Crippen LogP contribution in [0.3, 0.4) is 0 Å². The van der Waals surface area contributed by atoms with Crippen molar-refractivity contribution in [3.8, 4) is 0 Å². The molecular formula is C27H44O3. The molecule has 0 aromatic heterocycles. The van der Waals surface area contributed by atoms with Gasteiger partial charge >= 0.3 is 0 Å². The average Bonchev–Trinajstić information content (AvgIpc) is 3.00. The average molecular weight is 417 g/mol. The van der Waals surface area contributed by atoms with Crippen LogP contribution in [0.15, 0.2) is 35.5 Å². The Balaban J connectivity index is 1.67. The summed E-state index contributed by atoms with van der Waals surface area (Å²) in [6.07, 6.45) is 14.0. The highest BCUT2D eigenvalue weighted by atomic mass is 16.3. The van der Waals surface area contributed by atoms with Gasteiger partial charge in [0.2, 0.25) is 0 Å². The summed E-state index contributed by atoms with van der Waals surface area (Å²) in [7, 11) is 0. The third-order valence-corrected chi connectivity index (χ3v) is 8.47. The summed E-state index contributed by atoms with van der Waals surface area (Å²) in [4.78, 5) is 0. The molecule has 3 heteroatoms. The molecule has 3 saturated carbocycles. The van der Waals surface area contributed by atoms with E-state index in [2.05, 4.69) is 32.6 Å². The van der Waals surface area contributed by atoms with Crippen LogP contribution in [0.2, 0.25) is 0 Å². The van der Waals surface area contributed by atoms with Crippen LogP contribution in [0.25, 0.3) is 0 Å². The summed E-state index contributed by atoms with van der Waals surface area (Å²) in [5, 5.41) is 30.3. The van der Waals surface area contributed by atoms with Gasteiger partial charge in [-0.3, -0.25) is 0 Å². The van der Waals surface area contributed by atoms with Gasteiger partial charge in [0.15, 0.2) is 0 Å². The molecule has 6 atom stereocenters. The molecule has 0 aliphatic heterocycles. The minimum atomic E-state index is -0.615. The maximum atomic E-state index is 10.1. The maximum absolute atomic E-state index is 10.1. The van der Waals surface area contributed by atoms with Gasteiger partial charge in [0.25, 0.3) is 0 Å².